The molecule has 1 rings (SSSR count). The molecule has 0 saturated carbocycles. The van der Waals surface area contributed by atoms with Crippen molar-refractivity contribution >= 4 is 0 Å². The summed E-state index contributed by atoms with van der Waals surface area (Å²) in [7, 11) is 0. The molecule has 1 heteroatoms. The van der Waals surface area contributed by atoms with Crippen LogP contribution in [0, 0.1) is 5.41 Å². The quantitative estimate of drug-likeness (QED) is 0.510. The van der Waals surface area contributed by atoms with Crippen LogP contribution in [0.2, 0.25) is 0 Å². The third kappa shape index (κ3) is 2.31. The summed E-state index contributed by atoms with van der Waals surface area (Å²) in [6.07, 6.45) is 1.33. The van der Waals surface area contributed by atoms with Gasteiger partial charge in [0, 0.05) is 12.6 Å². The summed E-state index contributed by atoms with van der Waals surface area (Å²) in [6, 6.07) is 0.843. The molecule has 0 amide bonds. The van der Waals surface area contributed by atoms with E-state index in [1.165, 1.54) is 13.0 Å². The molecule has 1 fully saturated rings. The lowest BCUT2D eigenvalue weighted by molar-refractivity contribution is 0.375. The van der Waals surface area contributed by atoms with E-state index in [0.717, 1.165) is 6.04 Å². The molecule has 1 atom stereocenters. The highest BCUT2D eigenvalue weighted by molar-refractivity contribution is 4.86. The van der Waals surface area contributed by atoms with Crippen LogP contribution in [0.4, 0.5) is 0 Å². The van der Waals surface area contributed by atoms with Gasteiger partial charge in [0.1, 0.15) is 0 Å². The van der Waals surface area contributed by atoms with E-state index >= 15 is 0 Å². The number of hydrogen-bond acceptors (Lipinski definition) is 1. The van der Waals surface area contributed by atoms with Crippen molar-refractivity contribution in [3.63, 3.8) is 0 Å². The van der Waals surface area contributed by atoms with Crippen molar-refractivity contribution in [2.75, 3.05) is 6.54 Å². The fraction of sp³-hybridized carbons (Fsp3) is 1.00. The van der Waals surface area contributed by atoms with Gasteiger partial charge in [-0.25, -0.2) is 0 Å². The Hall–Kier alpha value is -0.0400. The second-order valence-electron chi connectivity index (χ2n) is 3.87. The minimum absolute atomic E-state index is 0.522. The first-order chi connectivity index (χ1) is 3.58. The van der Waals surface area contributed by atoms with Crippen LogP contribution in [0.15, 0.2) is 0 Å². The number of rotatable bonds is 1. The first-order valence-corrected chi connectivity index (χ1v) is 3.31. The maximum atomic E-state index is 3.29. The molecule has 1 aliphatic rings. The third-order valence-corrected chi connectivity index (χ3v) is 1.35. The zero-order valence-corrected chi connectivity index (χ0v) is 5.99. The fourth-order valence-electron chi connectivity index (χ4n) is 0.967. The van der Waals surface area contributed by atoms with Gasteiger partial charge in [0.15, 0.2) is 0 Å². The van der Waals surface area contributed by atoms with E-state index in [-0.39, 0.29) is 0 Å². The van der Waals surface area contributed by atoms with Crippen LogP contribution in [-0.4, -0.2) is 12.6 Å². The molecule has 0 bridgehead atoms. The van der Waals surface area contributed by atoms with E-state index in [2.05, 4.69) is 26.1 Å². The summed E-state index contributed by atoms with van der Waals surface area (Å²) in [5, 5.41) is 3.29. The van der Waals surface area contributed by atoms with Gasteiger partial charge in [-0.05, 0) is 11.8 Å². The van der Waals surface area contributed by atoms with Crippen LogP contribution in [-0.2, 0) is 0 Å². The lowest BCUT2D eigenvalue weighted by atomic mass is 9.91. The molecule has 1 N–H and O–H groups in total. The normalized spacial score (nSPS) is 28.1. The Morgan fingerprint density at radius 1 is 1.50 bits per heavy atom. The highest BCUT2D eigenvalue weighted by atomic mass is 15.1. The molecule has 1 aliphatic heterocycles. The second kappa shape index (κ2) is 1.73. The van der Waals surface area contributed by atoms with Crippen LogP contribution in [0.25, 0.3) is 0 Å². The minimum Gasteiger partial charge on any atom is -0.311 e. The van der Waals surface area contributed by atoms with Gasteiger partial charge in [0.2, 0.25) is 0 Å². The largest absolute Gasteiger partial charge is 0.311 e. The molecular weight excluding hydrogens is 98.1 g/mol. The van der Waals surface area contributed by atoms with Crippen LogP contribution in [0.1, 0.15) is 27.2 Å². The molecule has 1 unspecified atom stereocenters. The van der Waals surface area contributed by atoms with Crippen LogP contribution >= 0.6 is 0 Å². The molecule has 0 aromatic rings. The second-order valence-corrected chi connectivity index (χ2v) is 3.87. The van der Waals surface area contributed by atoms with Crippen LogP contribution < -0.4 is 5.32 Å². The Labute approximate surface area is 51.5 Å². The summed E-state index contributed by atoms with van der Waals surface area (Å²) >= 11 is 0. The molecule has 0 spiro atoms. The summed E-state index contributed by atoms with van der Waals surface area (Å²) in [4.78, 5) is 0. The predicted octanol–water partition coefficient (Wildman–Crippen LogP) is 1.39. The van der Waals surface area contributed by atoms with Crippen LogP contribution in [0.5, 0.6) is 0 Å². The SMILES string of the molecule is CC(C)(C)CC1CN1. The zero-order chi connectivity index (χ0) is 6.20. The summed E-state index contributed by atoms with van der Waals surface area (Å²) in [6.45, 7) is 8.10. The van der Waals surface area contributed by atoms with Crippen molar-refractivity contribution < 1.29 is 0 Å². The first kappa shape index (κ1) is 6.09. The molecule has 1 heterocycles. The Bertz CT molecular complexity index is 76.9. The lowest BCUT2D eigenvalue weighted by Crippen LogP contribution is -2.09. The van der Waals surface area contributed by atoms with Gasteiger partial charge in [-0.3, -0.25) is 0 Å². The van der Waals surface area contributed by atoms with Gasteiger partial charge in [0.05, 0.1) is 0 Å². The summed E-state index contributed by atoms with van der Waals surface area (Å²) < 4.78 is 0. The molecule has 0 aromatic heterocycles. The van der Waals surface area contributed by atoms with Crippen molar-refractivity contribution in [2.24, 2.45) is 5.41 Å². The fourth-order valence-corrected chi connectivity index (χ4v) is 0.967. The molecule has 1 nitrogen and oxygen atoms in total. The smallest absolute Gasteiger partial charge is 0.0198 e. The maximum Gasteiger partial charge on any atom is 0.0198 e. The standard InChI is InChI=1S/C7H15N/c1-7(2,3)4-6-5-8-6/h6,8H,4-5H2,1-3H3. The Morgan fingerprint density at radius 2 is 2.00 bits per heavy atom. The Kier molecular flexibility index (Phi) is 1.31. The van der Waals surface area contributed by atoms with Gasteiger partial charge in [-0.15, -0.1) is 0 Å². The van der Waals surface area contributed by atoms with Gasteiger partial charge < -0.3 is 5.32 Å². The monoisotopic (exact) mass is 113 g/mol. The van der Waals surface area contributed by atoms with E-state index in [9.17, 15) is 0 Å². The van der Waals surface area contributed by atoms with E-state index in [1.54, 1.807) is 0 Å². The number of nitrogens with one attached hydrogen (secondary N) is 1. The average molecular weight is 113 g/mol. The van der Waals surface area contributed by atoms with Gasteiger partial charge in [-0.1, -0.05) is 20.8 Å². The highest BCUT2D eigenvalue weighted by Crippen LogP contribution is 2.23. The van der Waals surface area contributed by atoms with E-state index in [0.29, 0.717) is 5.41 Å². The van der Waals surface area contributed by atoms with Crippen molar-refractivity contribution in [3.8, 4) is 0 Å². The lowest BCUT2D eigenvalue weighted by Gasteiger charge is -2.15. The molecule has 48 valence electrons. The maximum absolute atomic E-state index is 3.29. The van der Waals surface area contributed by atoms with Gasteiger partial charge in [-0.2, -0.15) is 0 Å². The van der Waals surface area contributed by atoms with Crippen molar-refractivity contribution in [1.82, 2.24) is 5.32 Å². The molecule has 0 radical (unpaired) electrons. The third-order valence-electron chi connectivity index (χ3n) is 1.35. The van der Waals surface area contributed by atoms with E-state index < -0.39 is 0 Å². The molecule has 0 aromatic carbocycles. The molecular formula is C7H15N. The minimum atomic E-state index is 0.522. The van der Waals surface area contributed by atoms with Crippen molar-refractivity contribution in [2.45, 2.75) is 33.2 Å². The van der Waals surface area contributed by atoms with Gasteiger partial charge in [0.25, 0.3) is 0 Å². The Balaban J connectivity index is 2.16. The Morgan fingerprint density at radius 3 is 2.12 bits per heavy atom. The van der Waals surface area contributed by atoms with Gasteiger partial charge >= 0.3 is 0 Å². The number of hydrogen-bond donors (Lipinski definition) is 1. The first-order valence-electron chi connectivity index (χ1n) is 3.31. The predicted molar refractivity (Wildman–Crippen MR) is 35.9 cm³/mol. The topological polar surface area (TPSA) is 21.9 Å². The van der Waals surface area contributed by atoms with Crippen molar-refractivity contribution in [3.05, 3.63) is 0 Å². The molecule has 0 aliphatic carbocycles. The van der Waals surface area contributed by atoms with Crippen molar-refractivity contribution in [1.29, 1.82) is 0 Å². The summed E-state index contributed by atoms with van der Waals surface area (Å²) in [5.74, 6) is 0. The average Bonchev–Trinajstić information content (AvgIpc) is 2.12. The highest BCUT2D eigenvalue weighted by Gasteiger charge is 2.25. The summed E-state index contributed by atoms with van der Waals surface area (Å²) in [5.41, 5.74) is 0.522. The van der Waals surface area contributed by atoms with E-state index in [4.69, 9.17) is 0 Å². The molecule has 8 heavy (non-hydrogen) atoms. The van der Waals surface area contributed by atoms with E-state index in [1.807, 2.05) is 0 Å². The van der Waals surface area contributed by atoms with Crippen LogP contribution in [0.3, 0.4) is 0 Å². The zero-order valence-electron chi connectivity index (χ0n) is 5.99. The molecule has 1 saturated heterocycles.